The molecular formula is C9H12N2O4S2. The topological polar surface area (TPSA) is 103 Å². The summed E-state index contributed by atoms with van der Waals surface area (Å²) in [4.78, 5) is 10.8. The Kier molecular flexibility index (Phi) is 4.49. The smallest absolute Gasteiger partial charge is 0.258 e. The van der Waals surface area contributed by atoms with Crippen molar-refractivity contribution < 1.29 is 13.3 Å². The summed E-state index contributed by atoms with van der Waals surface area (Å²) in [6.07, 6.45) is 0. The Balaban J connectivity index is 2.75. The average Bonchev–Trinajstić information content (AvgIpc) is 2.14. The summed E-state index contributed by atoms with van der Waals surface area (Å²) in [7, 11) is -3.49. The zero-order valence-electron chi connectivity index (χ0n) is 9.12. The number of nitrogens with two attached hydrogens (primary N) is 1. The number of primary sulfonamides is 1. The highest BCUT2D eigenvalue weighted by molar-refractivity contribution is 8.00. The first kappa shape index (κ1) is 13.9. The van der Waals surface area contributed by atoms with Crippen LogP contribution in [0.3, 0.4) is 0 Å². The molecule has 6 nitrogen and oxygen atoms in total. The van der Waals surface area contributed by atoms with E-state index in [1.54, 1.807) is 13.0 Å². The molecule has 0 spiro atoms. The van der Waals surface area contributed by atoms with E-state index in [0.29, 0.717) is 4.90 Å². The quantitative estimate of drug-likeness (QED) is 0.495. The first-order valence-electron chi connectivity index (χ1n) is 4.67. The van der Waals surface area contributed by atoms with Crippen LogP contribution in [0.2, 0.25) is 0 Å². The molecule has 1 aromatic rings. The van der Waals surface area contributed by atoms with Gasteiger partial charge in [-0.3, -0.25) is 10.1 Å². The summed E-state index contributed by atoms with van der Waals surface area (Å²) < 4.78 is 21.4. The summed E-state index contributed by atoms with van der Waals surface area (Å²) in [6.45, 7) is 1.75. The Morgan fingerprint density at radius 2 is 2.06 bits per heavy atom. The molecule has 0 atom stereocenters. The lowest BCUT2D eigenvalue weighted by molar-refractivity contribution is -0.385. The van der Waals surface area contributed by atoms with Crippen molar-refractivity contribution in [1.29, 1.82) is 0 Å². The molecule has 0 amide bonds. The van der Waals surface area contributed by atoms with E-state index in [0.717, 1.165) is 5.56 Å². The van der Waals surface area contributed by atoms with Gasteiger partial charge < -0.3 is 0 Å². The molecule has 0 aliphatic rings. The maximum Gasteiger partial charge on any atom is 0.270 e. The lowest BCUT2D eigenvalue weighted by atomic mass is 10.2. The zero-order chi connectivity index (χ0) is 13.1. The zero-order valence-corrected chi connectivity index (χ0v) is 10.8. The summed E-state index contributed by atoms with van der Waals surface area (Å²) in [5, 5.41) is 15.5. The van der Waals surface area contributed by atoms with Crippen LogP contribution in [0.5, 0.6) is 0 Å². The van der Waals surface area contributed by atoms with E-state index in [2.05, 4.69) is 0 Å². The molecule has 94 valence electrons. The van der Waals surface area contributed by atoms with Crippen LogP contribution in [0, 0.1) is 17.0 Å². The predicted octanol–water partition coefficient (Wildman–Crippen LogP) is 1.28. The molecule has 17 heavy (non-hydrogen) atoms. The van der Waals surface area contributed by atoms with E-state index in [9.17, 15) is 18.5 Å². The number of benzene rings is 1. The number of non-ortho nitro benzene ring substituents is 1. The van der Waals surface area contributed by atoms with Crippen LogP contribution in [0.25, 0.3) is 0 Å². The monoisotopic (exact) mass is 276 g/mol. The normalized spacial score (nSPS) is 11.4. The maximum absolute atomic E-state index is 10.7. The van der Waals surface area contributed by atoms with Gasteiger partial charge in [-0.15, -0.1) is 11.8 Å². The molecule has 0 saturated carbocycles. The van der Waals surface area contributed by atoms with Crippen molar-refractivity contribution in [3.8, 4) is 0 Å². The van der Waals surface area contributed by atoms with Crippen LogP contribution in [0.15, 0.2) is 23.1 Å². The van der Waals surface area contributed by atoms with Gasteiger partial charge in [0.1, 0.15) is 0 Å². The third-order valence-corrected chi connectivity index (χ3v) is 3.89. The minimum Gasteiger partial charge on any atom is -0.258 e. The fraction of sp³-hybridized carbons (Fsp3) is 0.333. The highest BCUT2D eigenvalue weighted by Gasteiger charge is 2.09. The fourth-order valence-electron chi connectivity index (χ4n) is 1.19. The van der Waals surface area contributed by atoms with Crippen molar-refractivity contribution in [3.05, 3.63) is 33.9 Å². The highest BCUT2D eigenvalue weighted by Crippen LogP contribution is 2.25. The van der Waals surface area contributed by atoms with Gasteiger partial charge >= 0.3 is 0 Å². The van der Waals surface area contributed by atoms with E-state index in [-0.39, 0.29) is 17.2 Å². The molecule has 0 bridgehead atoms. The second-order valence-corrected chi connectivity index (χ2v) is 6.38. The maximum atomic E-state index is 10.7. The lowest BCUT2D eigenvalue weighted by Gasteiger charge is -2.02. The number of hydrogen-bond acceptors (Lipinski definition) is 5. The Morgan fingerprint density at radius 1 is 1.41 bits per heavy atom. The molecule has 2 N–H and O–H groups in total. The third-order valence-electron chi connectivity index (χ3n) is 1.88. The highest BCUT2D eigenvalue weighted by atomic mass is 32.2. The average molecular weight is 276 g/mol. The number of nitro benzene ring substituents is 1. The third kappa shape index (κ3) is 5.16. The van der Waals surface area contributed by atoms with Gasteiger partial charge in [0.15, 0.2) is 0 Å². The molecule has 0 saturated heterocycles. The fourth-order valence-corrected chi connectivity index (χ4v) is 3.16. The van der Waals surface area contributed by atoms with E-state index >= 15 is 0 Å². The minimum absolute atomic E-state index is 0.00288. The first-order valence-corrected chi connectivity index (χ1v) is 7.37. The van der Waals surface area contributed by atoms with Gasteiger partial charge in [0, 0.05) is 22.8 Å². The Hall–Kier alpha value is -1.12. The lowest BCUT2D eigenvalue weighted by Crippen LogP contribution is -2.17. The van der Waals surface area contributed by atoms with Gasteiger partial charge in [-0.05, 0) is 18.6 Å². The summed E-state index contributed by atoms with van der Waals surface area (Å²) >= 11 is 1.23. The van der Waals surface area contributed by atoms with Crippen LogP contribution in [0.4, 0.5) is 5.69 Å². The van der Waals surface area contributed by atoms with Crippen molar-refractivity contribution in [2.24, 2.45) is 5.14 Å². The van der Waals surface area contributed by atoms with Crippen LogP contribution in [-0.4, -0.2) is 24.8 Å². The number of thioether (sulfide) groups is 1. The van der Waals surface area contributed by atoms with E-state index in [4.69, 9.17) is 5.14 Å². The molecule has 0 aliphatic carbocycles. The second-order valence-electron chi connectivity index (χ2n) is 3.48. The van der Waals surface area contributed by atoms with Crippen LogP contribution >= 0.6 is 11.8 Å². The molecule has 0 heterocycles. The van der Waals surface area contributed by atoms with Gasteiger partial charge in [0.05, 0.1) is 10.7 Å². The van der Waals surface area contributed by atoms with Gasteiger partial charge in [-0.2, -0.15) is 0 Å². The number of nitrogens with zero attached hydrogens (tertiary/aromatic N) is 1. The van der Waals surface area contributed by atoms with E-state index < -0.39 is 14.9 Å². The van der Waals surface area contributed by atoms with E-state index in [1.165, 1.54) is 23.9 Å². The van der Waals surface area contributed by atoms with Crippen LogP contribution in [0.1, 0.15) is 5.56 Å². The molecular weight excluding hydrogens is 264 g/mol. The number of rotatable bonds is 5. The van der Waals surface area contributed by atoms with Crippen molar-refractivity contribution in [2.75, 3.05) is 11.5 Å². The van der Waals surface area contributed by atoms with Crippen LogP contribution in [-0.2, 0) is 10.0 Å². The Labute approximate surface area is 103 Å². The molecule has 0 unspecified atom stereocenters. The molecule has 8 heteroatoms. The van der Waals surface area contributed by atoms with E-state index in [1.807, 2.05) is 0 Å². The molecule has 0 aromatic heterocycles. The SMILES string of the molecule is Cc1cc(SCCS(N)(=O)=O)cc([N+](=O)[O-])c1. The summed E-state index contributed by atoms with van der Waals surface area (Å²) in [5.41, 5.74) is 0.764. The number of nitro groups is 1. The van der Waals surface area contributed by atoms with Crippen molar-refractivity contribution in [1.82, 2.24) is 0 Å². The summed E-state index contributed by atoms with van der Waals surface area (Å²) in [6, 6.07) is 4.64. The van der Waals surface area contributed by atoms with Crippen molar-refractivity contribution >= 4 is 27.5 Å². The first-order chi connectivity index (χ1) is 7.78. The molecule has 0 fully saturated rings. The molecule has 0 aliphatic heterocycles. The Morgan fingerprint density at radius 3 is 2.59 bits per heavy atom. The number of aryl methyl sites for hydroxylation is 1. The standard InChI is InChI=1S/C9H12N2O4S2/c1-7-4-8(11(12)13)6-9(5-7)16-2-3-17(10,14)15/h4-6H,2-3H2,1H3,(H2,10,14,15). The second kappa shape index (κ2) is 5.48. The van der Waals surface area contributed by atoms with Crippen molar-refractivity contribution in [3.63, 3.8) is 0 Å². The number of sulfonamides is 1. The van der Waals surface area contributed by atoms with Gasteiger partial charge in [-0.25, -0.2) is 13.6 Å². The number of hydrogen-bond donors (Lipinski definition) is 1. The molecule has 0 radical (unpaired) electrons. The molecule has 1 rings (SSSR count). The van der Waals surface area contributed by atoms with Crippen LogP contribution < -0.4 is 5.14 Å². The van der Waals surface area contributed by atoms with Gasteiger partial charge in [0.2, 0.25) is 10.0 Å². The Bertz CT molecular complexity index is 528. The molecule has 1 aromatic carbocycles. The largest absolute Gasteiger partial charge is 0.270 e. The summed E-state index contributed by atoms with van der Waals surface area (Å²) in [5.74, 6) is 0.124. The predicted molar refractivity (Wildman–Crippen MR) is 66.5 cm³/mol. The van der Waals surface area contributed by atoms with Gasteiger partial charge in [-0.1, -0.05) is 0 Å². The van der Waals surface area contributed by atoms with Crippen molar-refractivity contribution in [2.45, 2.75) is 11.8 Å². The van der Waals surface area contributed by atoms with Gasteiger partial charge in [0.25, 0.3) is 5.69 Å². The minimum atomic E-state index is -3.49.